The van der Waals surface area contributed by atoms with Gasteiger partial charge in [0.2, 0.25) is 0 Å². The van der Waals surface area contributed by atoms with E-state index in [4.69, 9.17) is 11.6 Å². The van der Waals surface area contributed by atoms with Crippen molar-refractivity contribution in [2.45, 2.75) is 24.7 Å². The normalized spacial score (nSPS) is 15.4. The number of hydrogen-bond donors (Lipinski definition) is 2. The number of halogens is 2. The molecular weight excluding hydrogens is 449 g/mol. The van der Waals surface area contributed by atoms with Crippen LogP contribution < -0.4 is 10.6 Å². The largest absolute Gasteiger partial charge is 0.356 e. The number of nitrogens with zero attached hydrogens (tertiary/aromatic N) is 3. The lowest BCUT2D eigenvalue weighted by Gasteiger charge is -2.19. The van der Waals surface area contributed by atoms with Crippen molar-refractivity contribution in [2.75, 3.05) is 20.1 Å². The summed E-state index contributed by atoms with van der Waals surface area (Å²) < 4.78 is 1.82. The summed E-state index contributed by atoms with van der Waals surface area (Å²) in [7, 11) is 3.74. The fourth-order valence-corrected chi connectivity index (χ4v) is 3.13. The predicted octanol–water partition coefficient (Wildman–Crippen LogP) is 3.13. The number of aromatic nitrogens is 2. The van der Waals surface area contributed by atoms with Crippen LogP contribution in [-0.4, -0.2) is 35.9 Å². The van der Waals surface area contributed by atoms with Crippen molar-refractivity contribution < 1.29 is 0 Å². The Morgan fingerprint density at radius 3 is 2.76 bits per heavy atom. The van der Waals surface area contributed by atoms with Crippen molar-refractivity contribution in [3.63, 3.8) is 0 Å². The highest BCUT2D eigenvalue weighted by molar-refractivity contribution is 14.0. The minimum atomic E-state index is 0. The molecule has 1 fully saturated rings. The fourth-order valence-electron chi connectivity index (χ4n) is 2.94. The molecule has 1 aliphatic rings. The van der Waals surface area contributed by atoms with E-state index in [1.807, 2.05) is 36.3 Å². The standard InChI is InChI=1S/C18H24ClN5.HI/c1-20-17(21-9-6-14-11-23-24(2)12-14)22-13-18(7-8-18)15-4-3-5-16(19)10-15;/h3-5,10-12H,6-9,13H2,1-2H3,(H2,20,21,22);1H. The van der Waals surface area contributed by atoms with E-state index in [1.165, 1.54) is 24.0 Å². The van der Waals surface area contributed by atoms with E-state index in [0.29, 0.717) is 0 Å². The molecule has 2 aromatic rings. The Balaban J connectivity index is 0.00000225. The summed E-state index contributed by atoms with van der Waals surface area (Å²) >= 11 is 6.13. The fraction of sp³-hybridized carbons (Fsp3) is 0.444. The Hall–Kier alpha value is -1.28. The molecule has 25 heavy (non-hydrogen) atoms. The molecule has 0 atom stereocenters. The SMILES string of the molecule is CN=C(NCCc1cnn(C)c1)NCC1(c2cccc(Cl)c2)CC1.I. The second kappa shape index (κ2) is 8.89. The first-order valence-corrected chi connectivity index (χ1v) is 8.67. The molecule has 2 N–H and O–H groups in total. The number of rotatable bonds is 6. The Bertz CT molecular complexity index is 724. The summed E-state index contributed by atoms with van der Waals surface area (Å²) in [5.41, 5.74) is 2.73. The van der Waals surface area contributed by atoms with Gasteiger partial charge in [0.1, 0.15) is 0 Å². The zero-order chi connectivity index (χ0) is 17.0. The van der Waals surface area contributed by atoms with E-state index in [-0.39, 0.29) is 29.4 Å². The topological polar surface area (TPSA) is 54.2 Å². The summed E-state index contributed by atoms with van der Waals surface area (Å²) in [5, 5.41) is 11.8. The van der Waals surface area contributed by atoms with Gasteiger partial charge < -0.3 is 10.6 Å². The average Bonchev–Trinajstić information content (AvgIpc) is 3.26. The van der Waals surface area contributed by atoms with Crippen molar-refractivity contribution in [3.8, 4) is 0 Å². The number of aliphatic imine (C=N–C) groups is 1. The van der Waals surface area contributed by atoms with Gasteiger partial charge in [-0.15, -0.1) is 24.0 Å². The maximum absolute atomic E-state index is 6.13. The number of benzene rings is 1. The van der Waals surface area contributed by atoms with E-state index >= 15 is 0 Å². The maximum Gasteiger partial charge on any atom is 0.191 e. The van der Waals surface area contributed by atoms with Gasteiger partial charge in [-0.05, 0) is 42.5 Å². The van der Waals surface area contributed by atoms with Crippen LogP contribution in [0.4, 0.5) is 0 Å². The zero-order valence-corrected chi connectivity index (χ0v) is 17.7. The molecule has 0 saturated heterocycles. The molecule has 3 rings (SSSR count). The first kappa shape index (κ1) is 20.0. The second-order valence-corrected chi connectivity index (χ2v) is 6.85. The molecule has 0 bridgehead atoms. The quantitative estimate of drug-likeness (QED) is 0.385. The van der Waals surface area contributed by atoms with Crippen LogP contribution in [0.3, 0.4) is 0 Å². The van der Waals surface area contributed by atoms with Crippen molar-refractivity contribution in [1.82, 2.24) is 20.4 Å². The summed E-state index contributed by atoms with van der Waals surface area (Å²) in [5.74, 6) is 0.840. The smallest absolute Gasteiger partial charge is 0.191 e. The molecule has 5 nitrogen and oxygen atoms in total. The van der Waals surface area contributed by atoms with Gasteiger partial charge in [-0.3, -0.25) is 9.67 Å². The summed E-state index contributed by atoms with van der Waals surface area (Å²) in [4.78, 5) is 4.31. The predicted molar refractivity (Wildman–Crippen MR) is 114 cm³/mol. The molecule has 0 radical (unpaired) electrons. The van der Waals surface area contributed by atoms with Gasteiger partial charge >= 0.3 is 0 Å². The van der Waals surface area contributed by atoms with Crippen LogP contribution >= 0.6 is 35.6 Å². The van der Waals surface area contributed by atoms with Gasteiger partial charge in [-0.2, -0.15) is 5.10 Å². The third-order valence-electron chi connectivity index (χ3n) is 4.57. The molecular formula is C18H25ClIN5. The van der Waals surface area contributed by atoms with Crippen molar-refractivity contribution in [2.24, 2.45) is 12.0 Å². The first-order valence-electron chi connectivity index (χ1n) is 8.29. The Morgan fingerprint density at radius 1 is 1.36 bits per heavy atom. The van der Waals surface area contributed by atoms with Crippen LogP contribution in [0, 0.1) is 0 Å². The molecule has 0 spiro atoms. The van der Waals surface area contributed by atoms with E-state index < -0.39 is 0 Å². The van der Waals surface area contributed by atoms with Crippen LogP contribution in [0.5, 0.6) is 0 Å². The number of hydrogen-bond acceptors (Lipinski definition) is 2. The van der Waals surface area contributed by atoms with Gasteiger partial charge in [0.05, 0.1) is 6.20 Å². The Kier molecular flexibility index (Phi) is 7.13. The third-order valence-corrected chi connectivity index (χ3v) is 4.81. The molecule has 1 aliphatic carbocycles. The van der Waals surface area contributed by atoms with Gasteiger partial charge in [-0.25, -0.2) is 0 Å². The molecule has 0 aliphatic heterocycles. The zero-order valence-electron chi connectivity index (χ0n) is 14.6. The second-order valence-electron chi connectivity index (χ2n) is 6.42. The van der Waals surface area contributed by atoms with Gasteiger partial charge in [0.25, 0.3) is 0 Å². The van der Waals surface area contributed by atoms with Gasteiger partial charge in [-0.1, -0.05) is 23.7 Å². The van der Waals surface area contributed by atoms with E-state index in [0.717, 1.165) is 30.5 Å². The monoisotopic (exact) mass is 473 g/mol. The molecule has 0 unspecified atom stereocenters. The van der Waals surface area contributed by atoms with Crippen LogP contribution in [0.15, 0.2) is 41.7 Å². The lowest BCUT2D eigenvalue weighted by Crippen LogP contribution is -2.41. The number of nitrogens with one attached hydrogen (secondary N) is 2. The van der Waals surface area contributed by atoms with E-state index in [1.54, 1.807) is 7.05 Å². The molecule has 1 aromatic carbocycles. The molecule has 0 amide bonds. The summed E-state index contributed by atoms with van der Waals surface area (Å²) in [6.07, 6.45) is 7.24. The van der Waals surface area contributed by atoms with Crippen LogP contribution in [0.1, 0.15) is 24.0 Å². The van der Waals surface area contributed by atoms with E-state index in [2.05, 4.69) is 32.9 Å². The highest BCUT2D eigenvalue weighted by Gasteiger charge is 2.44. The molecule has 7 heteroatoms. The van der Waals surface area contributed by atoms with E-state index in [9.17, 15) is 0 Å². The third kappa shape index (κ3) is 5.34. The Labute approximate surface area is 171 Å². The molecule has 1 heterocycles. The molecule has 136 valence electrons. The summed E-state index contributed by atoms with van der Waals surface area (Å²) in [6, 6.07) is 8.19. The highest BCUT2D eigenvalue weighted by Crippen LogP contribution is 2.48. The molecule has 1 aromatic heterocycles. The van der Waals surface area contributed by atoms with Crippen LogP contribution in [-0.2, 0) is 18.9 Å². The minimum absolute atomic E-state index is 0. The van der Waals surface area contributed by atoms with Crippen molar-refractivity contribution >= 4 is 41.5 Å². The van der Waals surface area contributed by atoms with Crippen molar-refractivity contribution in [1.29, 1.82) is 0 Å². The number of aryl methyl sites for hydroxylation is 1. The first-order chi connectivity index (χ1) is 11.6. The summed E-state index contributed by atoms with van der Waals surface area (Å²) in [6.45, 7) is 1.70. The van der Waals surface area contributed by atoms with Crippen molar-refractivity contribution in [3.05, 3.63) is 52.8 Å². The maximum atomic E-state index is 6.13. The average molecular weight is 474 g/mol. The van der Waals surface area contributed by atoms with Gasteiger partial charge in [0, 0.05) is 43.8 Å². The minimum Gasteiger partial charge on any atom is -0.356 e. The van der Waals surface area contributed by atoms with Crippen LogP contribution in [0.2, 0.25) is 5.02 Å². The van der Waals surface area contributed by atoms with Gasteiger partial charge in [0.15, 0.2) is 5.96 Å². The highest BCUT2D eigenvalue weighted by atomic mass is 127. The number of guanidine groups is 1. The lowest BCUT2D eigenvalue weighted by molar-refractivity contribution is 0.645. The Morgan fingerprint density at radius 2 is 2.16 bits per heavy atom. The molecule has 1 saturated carbocycles. The lowest BCUT2D eigenvalue weighted by atomic mass is 9.96. The van der Waals surface area contributed by atoms with Crippen LogP contribution in [0.25, 0.3) is 0 Å².